The summed E-state index contributed by atoms with van der Waals surface area (Å²) in [5.74, 6) is -0.888. The summed E-state index contributed by atoms with van der Waals surface area (Å²) in [5, 5.41) is 5.74. The molecule has 2 N–H and O–H groups in total. The van der Waals surface area contributed by atoms with Crippen LogP contribution in [0, 0.1) is 5.92 Å². The zero-order chi connectivity index (χ0) is 20.1. The summed E-state index contributed by atoms with van der Waals surface area (Å²) >= 11 is 0. The number of carbonyl (C=O) groups is 2. The van der Waals surface area contributed by atoms with Gasteiger partial charge < -0.3 is 10.6 Å². The predicted octanol–water partition coefficient (Wildman–Crippen LogP) is 1.65. The van der Waals surface area contributed by atoms with Gasteiger partial charge in [-0.05, 0) is 44.7 Å². The van der Waals surface area contributed by atoms with Crippen molar-refractivity contribution < 1.29 is 18.0 Å². The number of sulfonamides is 1. The summed E-state index contributed by atoms with van der Waals surface area (Å²) in [6.45, 7) is 2.21. The topological polar surface area (TPSA) is 95.6 Å². The van der Waals surface area contributed by atoms with Crippen LogP contribution in [0.3, 0.4) is 0 Å². The molecule has 0 aromatic heterocycles. The Bertz CT molecular complexity index is 791. The predicted molar refractivity (Wildman–Crippen MR) is 106 cm³/mol. The zero-order valence-corrected chi connectivity index (χ0v) is 17.1. The Hall–Kier alpha value is -1.93. The van der Waals surface area contributed by atoms with Crippen LogP contribution in [0.25, 0.3) is 0 Å². The van der Waals surface area contributed by atoms with Crippen molar-refractivity contribution in [1.82, 2.24) is 14.9 Å². The minimum Gasteiger partial charge on any atom is -0.352 e. The van der Waals surface area contributed by atoms with Crippen molar-refractivity contribution >= 4 is 21.8 Å². The maximum atomic E-state index is 12.8. The van der Waals surface area contributed by atoms with Gasteiger partial charge in [0, 0.05) is 19.1 Å². The fraction of sp³-hybridized carbons (Fsp3) is 0.600. The SMILES string of the molecule is C[C@@H](NC(=O)C1CCCN(S(=O)(=O)c2ccccc2)C1)C(=O)NC1CCCC1. The lowest BCUT2D eigenvalue weighted by Crippen LogP contribution is -2.51. The fourth-order valence-corrected chi connectivity index (χ4v) is 5.45. The van der Waals surface area contributed by atoms with Gasteiger partial charge in [-0.15, -0.1) is 0 Å². The number of benzene rings is 1. The highest BCUT2D eigenvalue weighted by Crippen LogP contribution is 2.24. The molecule has 2 atom stereocenters. The largest absolute Gasteiger partial charge is 0.352 e. The second-order valence-electron chi connectivity index (χ2n) is 7.74. The number of hydrogen-bond acceptors (Lipinski definition) is 4. The van der Waals surface area contributed by atoms with Gasteiger partial charge >= 0.3 is 0 Å². The van der Waals surface area contributed by atoms with E-state index in [4.69, 9.17) is 0 Å². The lowest BCUT2D eigenvalue weighted by Gasteiger charge is -2.31. The van der Waals surface area contributed by atoms with Crippen LogP contribution in [0.4, 0.5) is 0 Å². The molecule has 1 aromatic carbocycles. The molecule has 1 heterocycles. The fourth-order valence-electron chi connectivity index (χ4n) is 3.91. The van der Waals surface area contributed by atoms with Gasteiger partial charge in [-0.2, -0.15) is 4.31 Å². The number of rotatable bonds is 6. The number of nitrogens with one attached hydrogen (secondary N) is 2. The summed E-state index contributed by atoms with van der Waals surface area (Å²) in [6.07, 6.45) is 5.46. The van der Waals surface area contributed by atoms with Gasteiger partial charge in [0.25, 0.3) is 0 Å². The maximum absolute atomic E-state index is 12.8. The van der Waals surface area contributed by atoms with Crippen molar-refractivity contribution in [3.05, 3.63) is 30.3 Å². The van der Waals surface area contributed by atoms with Crippen molar-refractivity contribution in [3.63, 3.8) is 0 Å². The van der Waals surface area contributed by atoms with Crippen LogP contribution in [-0.4, -0.2) is 49.7 Å². The molecule has 0 spiro atoms. The molecule has 2 amide bonds. The van der Waals surface area contributed by atoms with E-state index in [0.29, 0.717) is 19.4 Å². The van der Waals surface area contributed by atoms with Crippen LogP contribution in [0.2, 0.25) is 0 Å². The van der Waals surface area contributed by atoms with Crippen LogP contribution in [0.1, 0.15) is 45.4 Å². The summed E-state index contributed by atoms with van der Waals surface area (Å²) in [6, 6.07) is 7.84. The van der Waals surface area contributed by atoms with E-state index in [-0.39, 0.29) is 29.3 Å². The molecule has 2 aliphatic rings. The molecule has 8 heteroatoms. The van der Waals surface area contributed by atoms with E-state index in [1.54, 1.807) is 37.3 Å². The van der Waals surface area contributed by atoms with Crippen LogP contribution in [-0.2, 0) is 19.6 Å². The van der Waals surface area contributed by atoms with Gasteiger partial charge in [-0.25, -0.2) is 8.42 Å². The van der Waals surface area contributed by atoms with Crippen molar-refractivity contribution in [1.29, 1.82) is 0 Å². The smallest absolute Gasteiger partial charge is 0.243 e. The Kier molecular flexibility index (Phi) is 6.72. The van der Waals surface area contributed by atoms with Gasteiger partial charge in [-0.3, -0.25) is 9.59 Å². The molecular weight excluding hydrogens is 378 g/mol. The molecular formula is C20H29N3O4S. The van der Waals surface area contributed by atoms with Crippen LogP contribution in [0.5, 0.6) is 0 Å². The summed E-state index contributed by atoms with van der Waals surface area (Å²) in [4.78, 5) is 25.2. The second kappa shape index (κ2) is 9.05. The molecule has 1 saturated carbocycles. The lowest BCUT2D eigenvalue weighted by molar-refractivity contribution is -0.131. The van der Waals surface area contributed by atoms with E-state index in [1.807, 2.05) is 0 Å². The van der Waals surface area contributed by atoms with Gasteiger partial charge in [0.1, 0.15) is 6.04 Å². The van der Waals surface area contributed by atoms with Crippen molar-refractivity contribution in [2.75, 3.05) is 13.1 Å². The Morgan fingerprint density at radius 2 is 1.75 bits per heavy atom. The van der Waals surface area contributed by atoms with E-state index in [1.165, 1.54) is 4.31 Å². The Labute approximate surface area is 166 Å². The number of piperidine rings is 1. The highest BCUT2D eigenvalue weighted by atomic mass is 32.2. The molecule has 0 bridgehead atoms. The molecule has 28 heavy (non-hydrogen) atoms. The monoisotopic (exact) mass is 407 g/mol. The van der Waals surface area contributed by atoms with E-state index in [9.17, 15) is 18.0 Å². The quantitative estimate of drug-likeness (QED) is 0.750. The molecule has 1 aliphatic carbocycles. The number of hydrogen-bond donors (Lipinski definition) is 2. The van der Waals surface area contributed by atoms with Crippen LogP contribution >= 0.6 is 0 Å². The summed E-state index contributed by atoms with van der Waals surface area (Å²) in [7, 11) is -3.61. The first-order valence-electron chi connectivity index (χ1n) is 10.0. The minimum absolute atomic E-state index is 0.139. The molecule has 2 fully saturated rings. The van der Waals surface area contributed by atoms with Crippen molar-refractivity contribution in [2.24, 2.45) is 5.92 Å². The third-order valence-corrected chi connectivity index (χ3v) is 7.47. The molecule has 1 saturated heterocycles. The Balaban J connectivity index is 1.57. The zero-order valence-electron chi connectivity index (χ0n) is 16.3. The summed E-state index contributed by atoms with van der Waals surface area (Å²) in [5.41, 5.74) is 0. The minimum atomic E-state index is -3.61. The first kappa shape index (κ1) is 20.8. The van der Waals surface area contributed by atoms with Crippen LogP contribution in [0.15, 0.2) is 35.2 Å². The maximum Gasteiger partial charge on any atom is 0.243 e. The second-order valence-corrected chi connectivity index (χ2v) is 9.67. The molecule has 154 valence electrons. The van der Waals surface area contributed by atoms with E-state index < -0.39 is 22.0 Å². The lowest BCUT2D eigenvalue weighted by atomic mass is 9.98. The normalized spacial score (nSPS) is 22.5. The van der Waals surface area contributed by atoms with E-state index in [2.05, 4.69) is 10.6 Å². The van der Waals surface area contributed by atoms with Gasteiger partial charge in [0.2, 0.25) is 21.8 Å². The Morgan fingerprint density at radius 3 is 2.43 bits per heavy atom. The molecule has 3 rings (SSSR count). The van der Waals surface area contributed by atoms with E-state index >= 15 is 0 Å². The molecule has 7 nitrogen and oxygen atoms in total. The highest BCUT2D eigenvalue weighted by molar-refractivity contribution is 7.89. The third-order valence-electron chi connectivity index (χ3n) is 5.59. The Morgan fingerprint density at radius 1 is 1.07 bits per heavy atom. The average Bonchev–Trinajstić information content (AvgIpc) is 3.21. The first-order valence-corrected chi connectivity index (χ1v) is 11.5. The molecule has 1 aromatic rings. The summed E-state index contributed by atoms with van der Waals surface area (Å²) < 4.78 is 27.0. The number of amides is 2. The third kappa shape index (κ3) is 4.91. The first-order chi connectivity index (χ1) is 13.4. The average molecular weight is 408 g/mol. The van der Waals surface area contributed by atoms with Crippen LogP contribution < -0.4 is 10.6 Å². The van der Waals surface area contributed by atoms with Crippen molar-refractivity contribution in [2.45, 2.75) is 62.4 Å². The van der Waals surface area contributed by atoms with Gasteiger partial charge in [-0.1, -0.05) is 31.0 Å². The molecule has 1 aliphatic heterocycles. The number of nitrogens with zero attached hydrogens (tertiary/aromatic N) is 1. The standard InChI is InChI=1S/C20H29N3O4S/c1-15(19(24)22-17-9-5-6-10-17)21-20(25)16-8-7-13-23(14-16)28(26,27)18-11-3-2-4-12-18/h2-4,11-12,15-17H,5-10,13-14H2,1H3,(H,21,25)(H,22,24)/t15-,16?/m1/s1. The molecule has 1 unspecified atom stereocenters. The number of carbonyl (C=O) groups excluding carboxylic acids is 2. The van der Waals surface area contributed by atoms with Crippen molar-refractivity contribution in [3.8, 4) is 0 Å². The van der Waals surface area contributed by atoms with Gasteiger partial charge in [0.05, 0.1) is 10.8 Å². The highest BCUT2D eigenvalue weighted by Gasteiger charge is 2.34. The molecule has 0 radical (unpaired) electrons. The van der Waals surface area contributed by atoms with E-state index in [0.717, 1.165) is 25.7 Å². The van der Waals surface area contributed by atoms with Gasteiger partial charge in [0.15, 0.2) is 0 Å².